The molecule has 1 fully saturated rings. The molecule has 1 aromatic carbocycles. The smallest absolute Gasteiger partial charge is 0.127 e. The average molecular weight is 263 g/mol. The molecule has 0 bridgehead atoms. The van der Waals surface area contributed by atoms with E-state index in [4.69, 9.17) is 10.5 Å². The lowest BCUT2D eigenvalue weighted by Crippen LogP contribution is -2.43. The monoisotopic (exact) mass is 263 g/mol. The molecule has 1 atom stereocenters. The Hall–Kier alpha value is -1.09. The largest absolute Gasteiger partial charge is 0.487 e. The second-order valence-corrected chi connectivity index (χ2v) is 6.05. The first-order chi connectivity index (χ1) is 9.19. The summed E-state index contributed by atoms with van der Waals surface area (Å²) in [6, 6.07) is 4.71. The van der Waals surface area contributed by atoms with Crippen LogP contribution in [0, 0.1) is 5.82 Å². The Bertz CT molecular complexity index is 452. The van der Waals surface area contributed by atoms with Crippen molar-refractivity contribution in [3.8, 4) is 5.75 Å². The summed E-state index contributed by atoms with van der Waals surface area (Å²) in [4.78, 5) is 0. The van der Waals surface area contributed by atoms with Gasteiger partial charge in [0.15, 0.2) is 0 Å². The van der Waals surface area contributed by atoms with Crippen LogP contribution in [-0.4, -0.2) is 5.60 Å². The van der Waals surface area contributed by atoms with Crippen LogP contribution in [0.5, 0.6) is 5.75 Å². The van der Waals surface area contributed by atoms with Gasteiger partial charge in [-0.2, -0.15) is 0 Å². The molecular weight excluding hydrogens is 241 g/mol. The summed E-state index contributed by atoms with van der Waals surface area (Å²) in [5, 5.41) is 0. The van der Waals surface area contributed by atoms with Crippen LogP contribution in [0.4, 0.5) is 4.39 Å². The Morgan fingerprint density at radius 3 is 2.53 bits per heavy atom. The first kappa shape index (κ1) is 12.9. The number of halogens is 1. The molecule has 1 spiro atoms. The molecule has 0 unspecified atom stereocenters. The standard InChI is InChI=1S/C16H22FNO/c17-12-6-7-13-14(18)11-16(19-15(13)10-12)8-4-2-1-3-5-9-16/h6-7,10,14H,1-5,8-9,11,18H2/t14-/m1/s1. The highest BCUT2D eigenvalue weighted by molar-refractivity contribution is 5.39. The molecule has 2 nitrogen and oxygen atoms in total. The number of hydrogen-bond donors (Lipinski definition) is 1. The Balaban J connectivity index is 1.89. The summed E-state index contributed by atoms with van der Waals surface area (Å²) >= 11 is 0. The van der Waals surface area contributed by atoms with E-state index in [1.54, 1.807) is 6.07 Å². The van der Waals surface area contributed by atoms with Gasteiger partial charge in [-0.05, 0) is 31.7 Å². The fraction of sp³-hybridized carbons (Fsp3) is 0.625. The molecular formula is C16H22FNO. The summed E-state index contributed by atoms with van der Waals surface area (Å²) in [5.74, 6) is 0.424. The van der Waals surface area contributed by atoms with Gasteiger partial charge >= 0.3 is 0 Å². The summed E-state index contributed by atoms with van der Waals surface area (Å²) < 4.78 is 19.6. The minimum atomic E-state index is -0.242. The van der Waals surface area contributed by atoms with Crippen molar-refractivity contribution in [3.05, 3.63) is 29.6 Å². The number of ether oxygens (including phenoxy) is 1. The fourth-order valence-electron chi connectivity index (χ4n) is 3.54. The third-order valence-corrected chi connectivity index (χ3v) is 4.56. The van der Waals surface area contributed by atoms with Crippen LogP contribution < -0.4 is 10.5 Å². The van der Waals surface area contributed by atoms with Crippen molar-refractivity contribution in [1.29, 1.82) is 0 Å². The Kier molecular flexibility index (Phi) is 3.48. The zero-order valence-electron chi connectivity index (χ0n) is 11.3. The zero-order valence-corrected chi connectivity index (χ0v) is 11.3. The Morgan fingerprint density at radius 1 is 1.11 bits per heavy atom. The van der Waals surface area contributed by atoms with Crippen molar-refractivity contribution in [1.82, 2.24) is 0 Å². The van der Waals surface area contributed by atoms with Crippen molar-refractivity contribution in [2.24, 2.45) is 5.73 Å². The van der Waals surface area contributed by atoms with Crippen molar-refractivity contribution >= 4 is 0 Å². The molecule has 3 rings (SSSR count). The molecule has 104 valence electrons. The minimum Gasteiger partial charge on any atom is -0.487 e. The predicted octanol–water partition coefficient (Wildman–Crippen LogP) is 4.09. The SMILES string of the molecule is N[C@@H]1CC2(CCCCCCC2)Oc2cc(F)ccc21. The van der Waals surface area contributed by atoms with E-state index in [1.165, 1.54) is 44.2 Å². The van der Waals surface area contributed by atoms with Crippen LogP contribution in [0.1, 0.15) is 63.0 Å². The normalized spacial score (nSPS) is 26.1. The van der Waals surface area contributed by atoms with Gasteiger partial charge in [0, 0.05) is 24.1 Å². The molecule has 0 radical (unpaired) electrons. The second kappa shape index (κ2) is 5.12. The third-order valence-electron chi connectivity index (χ3n) is 4.56. The molecule has 1 heterocycles. The molecule has 1 aliphatic carbocycles. The number of benzene rings is 1. The van der Waals surface area contributed by atoms with Gasteiger partial charge in [0.05, 0.1) is 0 Å². The van der Waals surface area contributed by atoms with E-state index in [1.807, 2.05) is 0 Å². The molecule has 1 aromatic rings. The Morgan fingerprint density at radius 2 is 1.79 bits per heavy atom. The first-order valence-electron chi connectivity index (χ1n) is 7.43. The van der Waals surface area contributed by atoms with Crippen molar-refractivity contribution < 1.29 is 9.13 Å². The van der Waals surface area contributed by atoms with Gasteiger partial charge in [0.25, 0.3) is 0 Å². The summed E-state index contributed by atoms with van der Waals surface area (Å²) in [6.45, 7) is 0. The maximum Gasteiger partial charge on any atom is 0.127 e. The van der Waals surface area contributed by atoms with Crippen LogP contribution in [0.25, 0.3) is 0 Å². The number of nitrogens with two attached hydrogens (primary N) is 1. The molecule has 1 aliphatic heterocycles. The van der Waals surface area contributed by atoms with Gasteiger partial charge in [-0.1, -0.05) is 25.3 Å². The number of fused-ring (bicyclic) bond motifs is 1. The predicted molar refractivity (Wildman–Crippen MR) is 73.6 cm³/mol. The summed E-state index contributed by atoms with van der Waals surface area (Å²) in [7, 11) is 0. The van der Waals surface area contributed by atoms with E-state index >= 15 is 0 Å². The van der Waals surface area contributed by atoms with Crippen molar-refractivity contribution in [2.45, 2.75) is 63.0 Å². The lowest BCUT2D eigenvalue weighted by molar-refractivity contribution is 0.0110. The van der Waals surface area contributed by atoms with E-state index in [-0.39, 0.29) is 17.5 Å². The average Bonchev–Trinajstić information content (AvgIpc) is 2.34. The topological polar surface area (TPSA) is 35.2 Å². The molecule has 0 saturated heterocycles. The summed E-state index contributed by atoms with van der Waals surface area (Å²) in [6.07, 6.45) is 9.23. The van der Waals surface area contributed by atoms with Crippen molar-refractivity contribution in [3.63, 3.8) is 0 Å². The minimum absolute atomic E-state index is 0.0243. The van der Waals surface area contributed by atoms with Gasteiger partial charge in [-0.15, -0.1) is 0 Å². The molecule has 19 heavy (non-hydrogen) atoms. The van der Waals surface area contributed by atoms with Crippen LogP contribution in [-0.2, 0) is 0 Å². The van der Waals surface area contributed by atoms with E-state index < -0.39 is 0 Å². The molecule has 2 aliphatic rings. The molecule has 0 aromatic heterocycles. The number of hydrogen-bond acceptors (Lipinski definition) is 2. The van der Waals surface area contributed by atoms with Crippen LogP contribution in [0.15, 0.2) is 18.2 Å². The van der Waals surface area contributed by atoms with Gasteiger partial charge in [0.2, 0.25) is 0 Å². The second-order valence-electron chi connectivity index (χ2n) is 6.05. The van der Waals surface area contributed by atoms with Crippen LogP contribution in [0.2, 0.25) is 0 Å². The lowest BCUT2D eigenvalue weighted by atomic mass is 9.79. The first-order valence-corrected chi connectivity index (χ1v) is 7.43. The maximum absolute atomic E-state index is 13.4. The van der Waals surface area contributed by atoms with E-state index in [0.717, 1.165) is 24.8 Å². The van der Waals surface area contributed by atoms with Gasteiger partial charge in [-0.25, -0.2) is 4.39 Å². The molecule has 2 N–H and O–H groups in total. The van der Waals surface area contributed by atoms with E-state index in [2.05, 4.69) is 0 Å². The van der Waals surface area contributed by atoms with Crippen LogP contribution >= 0.6 is 0 Å². The van der Waals surface area contributed by atoms with Gasteiger partial charge < -0.3 is 10.5 Å². The maximum atomic E-state index is 13.4. The quantitative estimate of drug-likeness (QED) is 0.765. The molecule has 1 saturated carbocycles. The van der Waals surface area contributed by atoms with Gasteiger partial charge in [-0.3, -0.25) is 0 Å². The van der Waals surface area contributed by atoms with Crippen molar-refractivity contribution in [2.75, 3.05) is 0 Å². The van der Waals surface area contributed by atoms with Gasteiger partial charge in [0.1, 0.15) is 17.2 Å². The van der Waals surface area contributed by atoms with Crippen LogP contribution in [0.3, 0.4) is 0 Å². The third kappa shape index (κ3) is 2.62. The Labute approximate surface area is 114 Å². The lowest BCUT2D eigenvalue weighted by Gasteiger charge is -2.42. The fourth-order valence-corrected chi connectivity index (χ4v) is 3.54. The highest BCUT2D eigenvalue weighted by Crippen LogP contribution is 2.44. The zero-order chi connectivity index (χ0) is 13.3. The molecule has 0 amide bonds. The highest BCUT2D eigenvalue weighted by atomic mass is 19.1. The molecule has 3 heteroatoms. The highest BCUT2D eigenvalue weighted by Gasteiger charge is 2.39. The number of rotatable bonds is 0. The summed E-state index contributed by atoms with van der Waals surface area (Å²) in [5.41, 5.74) is 7.09. The van der Waals surface area contributed by atoms with E-state index in [9.17, 15) is 4.39 Å². The van der Waals surface area contributed by atoms with E-state index in [0.29, 0.717) is 5.75 Å².